The zero-order chi connectivity index (χ0) is 43.7. The Morgan fingerprint density at radius 2 is 0.554 bits per heavy atom. The average Bonchev–Trinajstić information content (AvgIpc) is 3.10. The first kappa shape index (κ1) is 50.7. The van der Waals surface area contributed by atoms with E-state index in [0.717, 1.165) is 0 Å². The van der Waals surface area contributed by atoms with Crippen LogP contribution in [0.3, 0.4) is 0 Å². The van der Waals surface area contributed by atoms with Crippen LogP contribution in [-0.4, -0.2) is 98.6 Å². The second-order valence-corrected chi connectivity index (χ2v) is 13.4. The van der Waals surface area contributed by atoms with Crippen molar-refractivity contribution in [3.63, 3.8) is 0 Å². The fourth-order valence-corrected chi connectivity index (χ4v) is 4.99. The van der Waals surface area contributed by atoms with E-state index in [1.54, 1.807) is 0 Å². The van der Waals surface area contributed by atoms with E-state index in [1.165, 1.54) is 69.2 Å². The second kappa shape index (κ2) is 22.3. The van der Waals surface area contributed by atoms with Crippen molar-refractivity contribution in [2.75, 3.05) is 39.6 Å². The third-order valence-electron chi connectivity index (χ3n) is 8.58. The van der Waals surface area contributed by atoms with Crippen LogP contribution in [0.4, 0.5) is 0 Å². The number of rotatable bonds is 25. The molecule has 16 heteroatoms. The molecule has 0 saturated heterocycles. The number of esters is 8. The van der Waals surface area contributed by atoms with Gasteiger partial charge in [-0.25, -0.2) is 19.2 Å². The van der Waals surface area contributed by atoms with E-state index in [4.69, 9.17) is 37.9 Å². The summed E-state index contributed by atoms with van der Waals surface area (Å²) in [5, 5.41) is 0. The quantitative estimate of drug-likeness (QED) is 0.0527. The molecule has 0 radical (unpaired) electrons. The molecule has 0 atom stereocenters. The van der Waals surface area contributed by atoms with Gasteiger partial charge in [0.25, 0.3) is 0 Å². The molecule has 0 rings (SSSR count). The van der Waals surface area contributed by atoms with Gasteiger partial charge < -0.3 is 37.9 Å². The Balaban J connectivity index is 7.45. The van der Waals surface area contributed by atoms with Crippen LogP contribution in [0.5, 0.6) is 0 Å². The van der Waals surface area contributed by atoms with Crippen molar-refractivity contribution in [1.29, 1.82) is 0 Å². The molecule has 0 aromatic rings. The molecule has 0 bridgehead atoms. The molecule has 0 aliphatic rings. The molecule has 0 aromatic heterocycles. The lowest BCUT2D eigenvalue weighted by atomic mass is 9.75. The summed E-state index contributed by atoms with van der Waals surface area (Å²) >= 11 is 0. The SMILES string of the molecule is C=C(CC(CC(=C)C(=O)OCC)(C(=O)OCC)C(=O)OC(C)(C)C(C)(C)OC(=O)C(CC(=C)C(=O)OCC)(CC(=C)C(=O)OCC)C(=O)OCC)C(=O)OCC. The van der Waals surface area contributed by atoms with E-state index in [1.807, 2.05) is 0 Å². The molecule has 314 valence electrons. The molecule has 0 fully saturated rings. The van der Waals surface area contributed by atoms with Crippen molar-refractivity contribution in [3.05, 3.63) is 48.6 Å². The first-order chi connectivity index (χ1) is 25.9. The molecule has 0 unspecified atom stereocenters. The minimum atomic E-state index is -2.48. The first-order valence-electron chi connectivity index (χ1n) is 18.1. The number of carbonyl (C=O) groups is 8. The van der Waals surface area contributed by atoms with Crippen LogP contribution >= 0.6 is 0 Å². The molecule has 0 amide bonds. The molecule has 0 spiro atoms. The summed E-state index contributed by atoms with van der Waals surface area (Å²) in [5.74, 6) is -8.90. The molecule has 0 heterocycles. The highest BCUT2D eigenvalue weighted by Gasteiger charge is 2.57. The lowest BCUT2D eigenvalue weighted by molar-refractivity contribution is -0.215. The third kappa shape index (κ3) is 13.2. The van der Waals surface area contributed by atoms with Gasteiger partial charge in [0, 0.05) is 48.0 Å². The van der Waals surface area contributed by atoms with Crippen LogP contribution in [0.25, 0.3) is 0 Å². The van der Waals surface area contributed by atoms with Crippen LogP contribution in [0.2, 0.25) is 0 Å². The molecule has 0 aliphatic heterocycles. The number of ether oxygens (including phenoxy) is 8. The maximum absolute atomic E-state index is 14.5. The Kier molecular flexibility index (Phi) is 20.2. The van der Waals surface area contributed by atoms with E-state index >= 15 is 0 Å². The summed E-state index contributed by atoms with van der Waals surface area (Å²) in [4.78, 5) is 107. The lowest BCUT2D eigenvalue weighted by Crippen LogP contribution is -2.57. The van der Waals surface area contributed by atoms with Crippen molar-refractivity contribution < 1.29 is 76.3 Å². The summed E-state index contributed by atoms with van der Waals surface area (Å²) in [6.07, 6.45) is -3.02. The minimum absolute atomic E-state index is 0.0651. The van der Waals surface area contributed by atoms with Crippen molar-refractivity contribution in [2.45, 2.75) is 106 Å². The van der Waals surface area contributed by atoms with Gasteiger partial charge in [-0.1, -0.05) is 26.3 Å². The Hall–Kier alpha value is -5.28. The number of carbonyl (C=O) groups excluding carboxylic acids is 8. The van der Waals surface area contributed by atoms with Crippen molar-refractivity contribution in [3.8, 4) is 0 Å². The third-order valence-corrected chi connectivity index (χ3v) is 8.58. The van der Waals surface area contributed by atoms with Crippen LogP contribution < -0.4 is 0 Å². The fourth-order valence-electron chi connectivity index (χ4n) is 4.99. The normalized spacial score (nSPS) is 11.5. The maximum atomic E-state index is 14.5. The van der Waals surface area contributed by atoms with Gasteiger partial charge in [0.1, 0.15) is 11.2 Å². The highest BCUT2D eigenvalue weighted by atomic mass is 16.6. The van der Waals surface area contributed by atoms with Gasteiger partial charge in [-0.05, 0) is 69.2 Å². The van der Waals surface area contributed by atoms with Crippen LogP contribution in [-0.2, 0) is 76.3 Å². The standard InChI is InChI=1S/C40H58O16/c1-15-49-29(41)25(7)21-39(33(45)53-19-5,22-26(8)30(42)50-16-2)35(47)55-37(11,12)38(13,14)56-36(48)40(34(46)54-20-6,23-27(9)31(43)51-17-3)24-28(10)32(44)52-18-4/h7-10,15-24H2,1-6,11-14H3. The summed E-state index contributed by atoms with van der Waals surface area (Å²) in [6.45, 7) is 28.3. The molecule has 56 heavy (non-hydrogen) atoms. The molecule has 0 N–H and O–H groups in total. The summed E-state index contributed by atoms with van der Waals surface area (Å²) < 4.78 is 42.5. The predicted octanol–water partition coefficient (Wildman–Crippen LogP) is 4.77. The maximum Gasteiger partial charge on any atom is 0.333 e. The van der Waals surface area contributed by atoms with Crippen molar-refractivity contribution in [2.24, 2.45) is 10.8 Å². The summed E-state index contributed by atoms with van der Waals surface area (Å²) in [6, 6.07) is 0. The Morgan fingerprint density at radius 3 is 0.732 bits per heavy atom. The van der Waals surface area contributed by atoms with Gasteiger partial charge in [-0.15, -0.1) is 0 Å². The average molecular weight is 795 g/mol. The Bertz CT molecular complexity index is 1370. The van der Waals surface area contributed by atoms with Gasteiger partial charge >= 0.3 is 47.8 Å². The van der Waals surface area contributed by atoms with Gasteiger partial charge in [0.2, 0.25) is 0 Å². The monoisotopic (exact) mass is 794 g/mol. The zero-order valence-corrected chi connectivity index (χ0v) is 34.4. The Labute approximate surface area is 328 Å². The highest BCUT2D eigenvalue weighted by Crippen LogP contribution is 2.43. The minimum Gasteiger partial charge on any atom is -0.465 e. The zero-order valence-electron chi connectivity index (χ0n) is 34.4. The summed E-state index contributed by atoms with van der Waals surface area (Å²) in [5.41, 5.74) is -10.2. The van der Waals surface area contributed by atoms with Crippen molar-refractivity contribution >= 4 is 47.8 Å². The topological polar surface area (TPSA) is 210 Å². The van der Waals surface area contributed by atoms with E-state index in [2.05, 4.69) is 26.3 Å². The highest BCUT2D eigenvalue weighted by molar-refractivity contribution is 6.05. The second-order valence-electron chi connectivity index (χ2n) is 13.4. The first-order valence-corrected chi connectivity index (χ1v) is 18.1. The predicted molar refractivity (Wildman–Crippen MR) is 200 cm³/mol. The van der Waals surface area contributed by atoms with E-state index in [9.17, 15) is 38.4 Å². The van der Waals surface area contributed by atoms with Gasteiger partial charge in [0.15, 0.2) is 10.8 Å². The van der Waals surface area contributed by atoms with Crippen molar-refractivity contribution in [1.82, 2.24) is 0 Å². The molecule has 0 aliphatic carbocycles. The molecule has 0 saturated carbocycles. The molecule has 16 nitrogen and oxygen atoms in total. The lowest BCUT2D eigenvalue weighted by Gasteiger charge is -2.43. The molecule has 0 aromatic carbocycles. The number of hydrogen-bond donors (Lipinski definition) is 0. The van der Waals surface area contributed by atoms with Crippen LogP contribution in [0, 0.1) is 10.8 Å². The van der Waals surface area contributed by atoms with E-state index < -0.39 is 95.5 Å². The summed E-state index contributed by atoms with van der Waals surface area (Å²) in [7, 11) is 0. The molecular formula is C40H58O16. The Morgan fingerprint density at radius 1 is 0.357 bits per heavy atom. The van der Waals surface area contributed by atoms with E-state index in [0.29, 0.717) is 0 Å². The number of hydrogen-bond acceptors (Lipinski definition) is 16. The molecular weight excluding hydrogens is 736 g/mol. The largest absolute Gasteiger partial charge is 0.465 e. The van der Waals surface area contributed by atoms with Gasteiger partial charge in [0.05, 0.1) is 39.6 Å². The smallest absolute Gasteiger partial charge is 0.333 e. The fraction of sp³-hybridized carbons (Fsp3) is 0.600. The van der Waals surface area contributed by atoms with Crippen LogP contribution in [0.15, 0.2) is 48.6 Å². The van der Waals surface area contributed by atoms with Gasteiger partial charge in [-0.3, -0.25) is 19.2 Å². The van der Waals surface area contributed by atoms with Crippen LogP contribution in [0.1, 0.15) is 94.9 Å². The van der Waals surface area contributed by atoms with Gasteiger partial charge in [-0.2, -0.15) is 0 Å². The van der Waals surface area contributed by atoms with E-state index in [-0.39, 0.29) is 61.9 Å².